The van der Waals surface area contributed by atoms with Crippen LogP contribution in [0.15, 0.2) is 30.3 Å². The number of benzene rings is 1. The molecule has 1 aromatic carbocycles. The van der Waals surface area contributed by atoms with Gasteiger partial charge in [-0.2, -0.15) is 4.98 Å². The summed E-state index contributed by atoms with van der Waals surface area (Å²) in [4.78, 5) is 23.2. The molecule has 1 amide bonds. The number of halogens is 1. The highest BCUT2D eigenvalue weighted by atomic mass is 35.5. The third-order valence-electron chi connectivity index (χ3n) is 4.76. The molecule has 0 radical (unpaired) electrons. The summed E-state index contributed by atoms with van der Waals surface area (Å²) in [5.74, 6) is 1.53. The lowest BCUT2D eigenvalue weighted by molar-refractivity contribution is 0.0926. The number of hydrogen-bond acceptors (Lipinski definition) is 5. The molecule has 3 rings (SSSR count). The average Bonchev–Trinajstić information content (AvgIpc) is 2.63. The quantitative estimate of drug-likeness (QED) is 0.819. The lowest BCUT2D eigenvalue weighted by atomic mass is 9.91. The van der Waals surface area contributed by atoms with Gasteiger partial charge >= 0.3 is 0 Å². The SMILES string of the molecule is Cc1cc(NC2CCC(NC(=O)c3ccc(Cl)cc3)CC2)nc(N(C)C)n1. The molecule has 2 aromatic rings. The maximum atomic E-state index is 12.3. The molecular weight excluding hydrogens is 362 g/mol. The highest BCUT2D eigenvalue weighted by molar-refractivity contribution is 6.30. The minimum Gasteiger partial charge on any atom is -0.367 e. The monoisotopic (exact) mass is 387 g/mol. The van der Waals surface area contributed by atoms with Gasteiger partial charge in [0, 0.05) is 48.5 Å². The van der Waals surface area contributed by atoms with Crippen molar-refractivity contribution in [2.45, 2.75) is 44.7 Å². The Morgan fingerprint density at radius 3 is 2.33 bits per heavy atom. The maximum Gasteiger partial charge on any atom is 0.251 e. The predicted molar refractivity (Wildman–Crippen MR) is 110 cm³/mol. The number of nitrogens with one attached hydrogen (secondary N) is 2. The van der Waals surface area contributed by atoms with Gasteiger partial charge in [-0.1, -0.05) is 11.6 Å². The summed E-state index contributed by atoms with van der Waals surface area (Å²) < 4.78 is 0. The first-order valence-electron chi connectivity index (χ1n) is 9.26. The van der Waals surface area contributed by atoms with Crippen LogP contribution >= 0.6 is 11.6 Å². The summed E-state index contributed by atoms with van der Waals surface area (Å²) >= 11 is 5.88. The number of carbonyl (C=O) groups excluding carboxylic acids is 1. The van der Waals surface area contributed by atoms with Gasteiger partial charge in [-0.05, 0) is 56.9 Å². The van der Waals surface area contributed by atoms with Gasteiger partial charge in [0.1, 0.15) is 5.82 Å². The number of carbonyl (C=O) groups is 1. The van der Waals surface area contributed by atoms with E-state index in [-0.39, 0.29) is 11.9 Å². The Hall–Kier alpha value is -2.34. The minimum atomic E-state index is -0.0369. The van der Waals surface area contributed by atoms with Gasteiger partial charge in [-0.15, -0.1) is 0 Å². The fourth-order valence-electron chi connectivity index (χ4n) is 3.29. The molecule has 0 aliphatic heterocycles. The van der Waals surface area contributed by atoms with Crippen molar-refractivity contribution in [1.29, 1.82) is 0 Å². The lowest BCUT2D eigenvalue weighted by Gasteiger charge is -2.30. The van der Waals surface area contributed by atoms with E-state index in [1.807, 2.05) is 32.0 Å². The first-order valence-corrected chi connectivity index (χ1v) is 9.64. The highest BCUT2D eigenvalue weighted by Crippen LogP contribution is 2.23. The molecule has 1 heterocycles. The Morgan fingerprint density at radius 1 is 1.07 bits per heavy atom. The molecule has 7 heteroatoms. The summed E-state index contributed by atoms with van der Waals surface area (Å²) in [6, 6.07) is 9.52. The van der Waals surface area contributed by atoms with E-state index in [4.69, 9.17) is 11.6 Å². The minimum absolute atomic E-state index is 0.0369. The summed E-state index contributed by atoms with van der Waals surface area (Å²) in [6.07, 6.45) is 3.88. The van der Waals surface area contributed by atoms with Crippen molar-refractivity contribution in [3.8, 4) is 0 Å². The second kappa shape index (κ2) is 8.57. The smallest absolute Gasteiger partial charge is 0.251 e. The van der Waals surface area contributed by atoms with Crippen LogP contribution in [-0.4, -0.2) is 42.1 Å². The zero-order valence-electron chi connectivity index (χ0n) is 16.0. The molecule has 1 fully saturated rings. The molecule has 1 saturated carbocycles. The van der Waals surface area contributed by atoms with Crippen LogP contribution in [0.2, 0.25) is 5.02 Å². The zero-order valence-corrected chi connectivity index (χ0v) is 16.8. The van der Waals surface area contributed by atoms with Gasteiger partial charge in [0.05, 0.1) is 0 Å². The first-order chi connectivity index (χ1) is 12.9. The van der Waals surface area contributed by atoms with Crippen LogP contribution in [0.1, 0.15) is 41.7 Å². The van der Waals surface area contributed by atoms with Crippen molar-refractivity contribution in [2.24, 2.45) is 0 Å². The van der Waals surface area contributed by atoms with E-state index in [0.29, 0.717) is 22.6 Å². The Bertz CT molecular complexity index is 785. The van der Waals surface area contributed by atoms with E-state index >= 15 is 0 Å². The molecule has 6 nitrogen and oxygen atoms in total. The third-order valence-corrected chi connectivity index (χ3v) is 5.02. The standard InChI is InChI=1S/C20H26ClN5O/c1-13-12-18(25-20(22-13)26(2)3)23-16-8-10-17(11-9-16)24-19(27)14-4-6-15(21)7-5-14/h4-7,12,16-17H,8-11H2,1-3H3,(H,24,27)(H,22,23,25). The molecule has 27 heavy (non-hydrogen) atoms. The number of aromatic nitrogens is 2. The zero-order chi connectivity index (χ0) is 19.4. The molecule has 1 aliphatic carbocycles. The van der Waals surface area contributed by atoms with Crippen LogP contribution in [0.3, 0.4) is 0 Å². The molecule has 2 N–H and O–H groups in total. The van der Waals surface area contributed by atoms with Gasteiger partial charge in [-0.3, -0.25) is 4.79 Å². The van der Waals surface area contributed by atoms with Gasteiger partial charge in [0.25, 0.3) is 5.91 Å². The number of rotatable bonds is 5. The lowest BCUT2D eigenvalue weighted by Crippen LogP contribution is -2.40. The third kappa shape index (κ3) is 5.32. The van der Waals surface area contributed by atoms with Gasteiger partial charge in [0.2, 0.25) is 5.95 Å². The number of nitrogens with zero attached hydrogens (tertiary/aromatic N) is 3. The van der Waals surface area contributed by atoms with Crippen LogP contribution in [0.5, 0.6) is 0 Å². The molecule has 0 spiro atoms. The van der Waals surface area contributed by atoms with Crippen LogP contribution in [-0.2, 0) is 0 Å². The second-order valence-electron chi connectivity index (χ2n) is 7.26. The summed E-state index contributed by atoms with van der Waals surface area (Å²) in [5, 5.41) is 7.29. The topological polar surface area (TPSA) is 70.2 Å². The average molecular weight is 388 g/mol. The van der Waals surface area contributed by atoms with E-state index in [0.717, 1.165) is 37.2 Å². The predicted octanol–water partition coefficient (Wildman–Crippen LogP) is 3.66. The molecule has 1 aromatic heterocycles. The maximum absolute atomic E-state index is 12.3. The van der Waals surface area contributed by atoms with Crippen molar-refractivity contribution < 1.29 is 4.79 Å². The van der Waals surface area contributed by atoms with Crippen LogP contribution in [0.4, 0.5) is 11.8 Å². The fourth-order valence-corrected chi connectivity index (χ4v) is 3.41. The van der Waals surface area contributed by atoms with E-state index < -0.39 is 0 Å². The number of anilines is 2. The number of aryl methyl sites for hydroxylation is 1. The molecule has 0 unspecified atom stereocenters. The normalized spacial score (nSPS) is 19.4. The molecule has 0 bridgehead atoms. The molecule has 1 aliphatic rings. The number of amides is 1. The van der Waals surface area contributed by atoms with E-state index in [2.05, 4.69) is 20.6 Å². The first kappa shape index (κ1) is 19.4. The van der Waals surface area contributed by atoms with Gasteiger partial charge in [0.15, 0.2) is 0 Å². The van der Waals surface area contributed by atoms with Crippen LogP contribution < -0.4 is 15.5 Å². The summed E-state index contributed by atoms with van der Waals surface area (Å²) in [6.45, 7) is 1.98. The largest absolute Gasteiger partial charge is 0.367 e. The van der Waals surface area contributed by atoms with E-state index in [1.165, 1.54) is 0 Å². The van der Waals surface area contributed by atoms with Crippen molar-refractivity contribution in [1.82, 2.24) is 15.3 Å². The Labute approximate surface area is 165 Å². The second-order valence-corrected chi connectivity index (χ2v) is 7.70. The Balaban J connectivity index is 1.52. The molecule has 0 atom stereocenters. The molecular formula is C20H26ClN5O. The molecule has 144 valence electrons. The Kier molecular flexibility index (Phi) is 6.16. The summed E-state index contributed by atoms with van der Waals surface area (Å²) in [7, 11) is 3.88. The van der Waals surface area contributed by atoms with Crippen LogP contribution in [0, 0.1) is 6.92 Å². The van der Waals surface area contributed by atoms with E-state index in [1.54, 1.807) is 24.3 Å². The fraction of sp³-hybridized carbons (Fsp3) is 0.450. The number of hydrogen-bond donors (Lipinski definition) is 2. The highest BCUT2D eigenvalue weighted by Gasteiger charge is 2.23. The molecule has 0 saturated heterocycles. The van der Waals surface area contributed by atoms with Crippen molar-refractivity contribution in [3.05, 3.63) is 46.6 Å². The van der Waals surface area contributed by atoms with Crippen molar-refractivity contribution >= 4 is 29.3 Å². The van der Waals surface area contributed by atoms with E-state index in [9.17, 15) is 4.79 Å². The summed E-state index contributed by atoms with van der Waals surface area (Å²) in [5.41, 5.74) is 1.59. The van der Waals surface area contributed by atoms with Crippen LogP contribution in [0.25, 0.3) is 0 Å². The van der Waals surface area contributed by atoms with Gasteiger partial charge < -0.3 is 15.5 Å². The van der Waals surface area contributed by atoms with Gasteiger partial charge in [-0.25, -0.2) is 4.98 Å². The van der Waals surface area contributed by atoms with Crippen molar-refractivity contribution in [3.63, 3.8) is 0 Å². The van der Waals surface area contributed by atoms with Crippen molar-refractivity contribution in [2.75, 3.05) is 24.3 Å². The Morgan fingerprint density at radius 2 is 1.70 bits per heavy atom.